The van der Waals surface area contributed by atoms with Crippen LogP contribution in [0, 0.1) is 0 Å². The van der Waals surface area contributed by atoms with Gasteiger partial charge in [0.1, 0.15) is 23.9 Å². The van der Waals surface area contributed by atoms with E-state index in [-0.39, 0.29) is 19.3 Å². The van der Waals surface area contributed by atoms with E-state index in [1.165, 1.54) is 6.92 Å². The highest BCUT2D eigenvalue weighted by Gasteiger charge is 2.31. The quantitative estimate of drug-likeness (QED) is 0.406. The number of nitrogens with one attached hydrogen (secondary N) is 4. The Morgan fingerprint density at radius 1 is 1.02 bits per heavy atom. The molecule has 3 rings (SSSR count). The van der Waals surface area contributed by atoms with Crippen LogP contribution in [-0.2, 0) is 32.0 Å². The second kappa shape index (κ2) is 15.1. The van der Waals surface area contributed by atoms with Crippen molar-refractivity contribution >= 4 is 23.6 Å². The van der Waals surface area contributed by atoms with Crippen LogP contribution in [0.15, 0.2) is 54.6 Å². The second-order valence-electron chi connectivity index (χ2n) is 10.4. The maximum Gasteiger partial charge on any atom is 0.262 e. The van der Waals surface area contributed by atoms with Gasteiger partial charge in [0.05, 0.1) is 13.2 Å². The topological polar surface area (TPSA) is 126 Å². The molecule has 11 heteroatoms. The minimum atomic E-state index is -3.12. The van der Waals surface area contributed by atoms with Gasteiger partial charge in [-0.15, -0.1) is 0 Å². The van der Waals surface area contributed by atoms with Crippen molar-refractivity contribution in [3.8, 4) is 5.75 Å². The molecule has 1 aliphatic rings. The zero-order chi connectivity index (χ0) is 29.8. The molecule has 222 valence electrons. The summed E-state index contributed by atoms with van der Waals surface area (Å²) in [4.78, 5) is 51.7. The molecule has 41 heavy (non-hydrogen) atoms. The predicted octanol–water partition coefficient (Wildman–Crippen LogP) is 2.67. The Balaban J connectivity index is 1.89. The highest BCUT2D eigenvalue weighted by Crippen LogP contribution is 2.17. The van der Waals surface area contributed by atoms with Gasteiger partial charge in [0, 0.05) is 20.3 Å². The number of carbonyl (C=O) groups excluding carboxylic acids is 4. The lowest BCUT2D eigenvalue weighted by Gasteiger charge is -2.26. The number of halogens is 2. The first-order valence-corrected chi connectivity index (χ1v) is 13.8. The molecule has 0 fully saturated rings. The van der Waals surface area contributed by atoms with E-state index >= 15 is 0 Å². The van der Waals surface area contributed by atoms with Crippen molar-refractivity contribution in [2.24, 2.45) is 0 Å². The molecule has 4 N–H and O–H groups in total. The molecule has 0 radical (unpaired) electrons. The number of aryl methyl sites for hydroxylation is 1. The van der Waals surface area contributed by atoms with E-state index in [0.29, 0.717) is 38.5 Å². The fourth-order valence-electron chi connectivity index (χ4n) is 4.50. The minimum absolute atomic E-state index is 0.159. The molecule has 4 amide bonds. The maximum absolute atomic E-state index is 13.5. The van der Waals surface area contributed by atoms with Crippen molar-refractivity contribution in [2.75, 3.05) is 13.2 Å². The zero-order valence-electron chi connectivity index (χ0n) is 23.4. The zero-order valence-corrected chi connectivity index (χ0v) is 23.4. The van der Waals surface area contributed by atoms with Gasteiger partial charge in [-0.1, -0.05) is 42.5 Å². The first-order valence-electron chi connectivity index (χ1n) is 13.8. The third-order valence-corrected chi connectivity index (χ3v) is 6.59. The summed E-state index contributed by atoms with van der Waals surface area (Å²) < 4.78 is 32.7. The molecule has 0 unspecified atom stereocenters. The van der Waals surface area contributed by atoms with Gasteiger partial charge in [-0.3, -0.25) is 19.2 Å². The number of ether oxygens (including phenoxy) is 1. The lowest BCUT2D eigenvalue weighted by atomic mass is 10.0. The smallest absolute Gasteiger partial charge is 0.262 e. The SMILES string of the molecule is CC(=O)N[C@H]1Cc2cccc(c2)OCCCC[C@@H](C(=O)NCC(C)(F)F)NC(=O)[C@H](CCc2ccccc2)NC1=O. The Labute approximate surface area is 238 Å². The molecule has 9 nitrogen and oxygen atoms in total. The monoisotopic (exact) mass is 572 g/mol. The third-order valence-electron chi connectivity index (χ3n) is 6.59. The highest BCUT2D eigenvalue weighted by atomic mass is 19.3. The number of amides is 4. The number of fused-ring (bicyclic) bond motifs is 2. The largest absolute Gasteiger partial charge is 0.494 e. The van der Waals surface area contributed by atoms with Gasteiger partial charge in [-0.05, 0) is 55.4 Å². The van der Waals surface area contributed by atoms with Crippen LogP contribution >= 0.6 is 0 Å². The second-order valence-corrected chi connectivity index (χ2v) is 10.4. The summed E-state index contributed by atoms with van der Waals surface area (Å²) in [6.45, 7) is 1.45. The Bertz CT molecular complexity index is 1190. The normalized spacial score (nSPS) is 20.6. The van der Waals surface area contributed by atoms with Crippen molar-refractivity contribution in [3.63, 3.8) is 0 Å². The Morgan fingerprint density at radius 3 is 2.49 bits per heavy atom. The van der Waals surface area contributed by atoms with E-state index in [2.05, 4.69) is 21.3 Å². The van der Waals surface area contributed by atoms with E-state index in [4.69, 9.17) is 4.74 Å². The molecular formula is C30H38F2N4O5. The number of benzene rings is 2. The van der Waals surface area contributed by atoms with Crippen LogP contribution in [0.1, 0.15) is 50.7 Å². The predicted molar refractivity (Wildman–Crippen MR) is 149 cm³/mol. The lowest BCUT2D eigenvalue weighted by Crippen LogP contribution is -2.57. The van der Waals surface area contributed by atoms with Crippen LogP contribution in [0.3, 0.4) is 0 Å². The van der Waals surface area contributed by atoms with Crippen LogP contribution in [0.5, 0.6) is 5.75 Å². The average Bonchev–Trinajstić information content (AvgIpc) is 2.92. The van der Waals surface area contributed by atoms with E-state index in [0.717, 1.165) is 11.1 Å². The van der Waals surface area contributed by atoms with E-state index in [1.807, 2.05) is 36.4 Å². The fraction of sp³-hybridized carbons (Fsp3) is 0.467. The first kappa shape index (κ1) is 31.5. The molecule has 3 atom stereocenters. The van der Waals surface area contributed by atoms with Crippen molar-refractivity contribution in [1.29, 1.82) is 0 Å². The van der Waals surface area contributed by atoms with Gasteiger partial charge in [-0.2, -0.15) is 0 Å². The van der Waals surface area contributed by atoms with Crippen molar-refractivity contribution < 1.29 is 32.7 Å². The third kappa shape index (κ3) is 11.2. The molecule has 0 spiro atoms. The van der Waals surface area contributed by atoms with Gasteiger partial charge in [0.2, 0.25) is 23.6 Å². The van der Waals surface area contributed by atoms with Crippen LogP contribution in [-0.4, -0.2) is 60.8 Å². The van der Waals surface area contributed by atoms with Crippen molar-refractivity contribution in [2.45, 2.75) is 76.4 Å². The summed E-state index contributed by atoms with van der Waals surface area (Å²) in [6, 6.07) is 13.4. The molecular weight excluding hydrogens is 534 g/mol. The summed E-state index contributed by atoms with van der Waals surface area (Å²) >= 11 is 0. The Morgan fingerprint density at radius 2 is 1.78 bits per heavy atom. The van der Waals surface area contributed by atoms with E-state index in [9.17, 15) is 28.0 Å². The molecule has 0 aliphatic carbocycles. The number of rotatable bonds is 7. The van der Waals surface area contributed by atoms with Gasteiger partial charge in [0.25, 0.3) is 5.92 Å². The molecule has 0 saturated heterocycles. The molecule has 2 bridgehead atoms. The molecule has 2 aromatic rings. The van der Waals surface area contributed by atoms with Gasteiger partial charge < -0.3 is 26.0 Å². The maximum atomic E-state index is 13.5. The number of carbonyl (C=O) groups is 4. The molecule has 0 aromatic heterocycles. The van der Waals surface area contributed by atoms with E-state index in [1.54, 1.807) is 18.2 Å². The van der Waals surface area contributed by atoms with Gasteiger partial charge >= 0.3 is 0 Å². The summed E-state index contributed by atoms with van der Waals surface area (Å²) in [7, 11) is 0. The minimum Gasteiger partial charge on any atom is -0.494 e. The first-order chi connectivity index (χ1) is 19.5. The van der Waals surface area contributed by atoms with Crippen molar-refractivity contribution in [1.82, 2.24) is 21.3 Å². The molecule has 1 aliphatic heterocycles. The average molecular weight is 573 g/mol. The van der Waals surface area contributed by atoms with Crippen LogP contribution < -0.4 is 26.0 Å². The lowest BCUT2D eigenvalue weighted by molar-refractivity contribution is -0.134. The molecule has 0 saturated carbocycles. The highest BCUT2D eigenvalue weighted by molar-refractivity contribution is 5.94. The summed E-state index contributed by atoms with van der Waals surface area (Å²) in [5.74, 6) is -4.88. The molecule has 1 heterocycles. The number of alkyl halides is 2. The number of hydrogen-bond donors (Lipinski definition) is 4. The summed E-state index contributed by atoms with van der Waals surface area (Å²) in [6.07, 6.45) is 2.03. The van der Waals surface area contributed by atoms with Crippen LogP contribution in [0.25, 0.3) is 0 Å². The fourth-order valence-corrected chi connectivity index (χ4v) is 4.50. The Hall–Kier alpha value is -4.02. The van der Waals surface area contributed by atoms with Gasteiger partial charge in [0.15, 0.2) is 0 Å². The van der Waals surface area contributed by atoms with Crippen LogP contribution in [0.2, 0.25) is 0 Å². The van der Waals surface area contributed by atoms with E-state index < -0.39 is 54.2 Å². The summed E-state index contributed by atoms with van der Waals surface area (Å²) in [5, 5.41) is 10.3. The standard InChI is InChI=1S/C30H38F2N4O5/c1-20(37)34-26-18-22-11-8-12-23(17-22)41-16-7-6-13-24(27(38)33-19-30(2,31)32)35-28(39)25(36-29(26)40)15-14-21-9-4-3-5-10-21/h3-5,8-12,17,24-26H,6-7,13-16,18-19H2,1-2H3,(H,33,38)(H,34,37)(H,35,39)(H,36,40)/t24-,25-,26-/m0/s1. The molecule has 2 aromatic carbocycles. The number of hydrogen-bond acceptors (Lipinski definition) is 5. The van der Waals surface area contributed by atoms with Crippen molar-refractivity contribution in [3.05, 3.63) is 65.7 Å². The summed E-state index contributed by atoms with van der Waals surface area (Å²) in [5.41, 5.74) is 1.70. The Kier molecular flexibility index (Phi) is 11.6. The van der Waals surface area contributed by atoms with Gasteiger partial charge in [-0.25, -0.2) is 8.78 Å². The van der Waals surface area contributed by atoms with Crippen LogP contribution in [0.4, 0.5) is 8.78 Å².